The number of alkyl halides is 3. The van der Waals surface area contributed by atoms with Crippen molar-refractivity contribution in [3.05, 3.63) is 60.6 Å². The van der Waals surface area contributed by atoms with Gasteiger partial charge in [-0.1, -0.05) is 12.1 Å². The molecule has 0 aliphatic carbocycles. The van der Waals surface area contributed by atoms with E-state index in [1.807, 2.05) is 0 Å². The minimum absolute atomic E-state index is 0.0609. The van der Waals surface area contributed by atoms with E-state index < -0.39 is 21.9 Å². The highest BCUT2D eigenvalue weighted by Gasteiger charge is 2.35. The second kappa shape index (κ2) is 5.97. The molecule has 0 unspecified atom stereocenters. The van der Waals surface area contributed by atoms with Crippen molar-refractivity contribution >= 4 is 10.0 Å². The molecule has 10 heteroatoms. The summed E-state index contributed by atoms with van der Waals surface area (Å²) in [7, 11) is -4.16. The average Bonchev–Trinajstić information content (AvgIpc) is 3.00. The SMILES string of the molecule is NS(=O)(=O)c1ccccc1-n1nc(C(F)(F)F)cc1-c1ccncc1. The van der Waals surface area contributed by atoms with Crippen LogP contribution in [-0.4, -0.2) is 23.2 Å². The standard InChI is InChI=1S/C15H11F3N4O2S/c16-15(17,18)14-9-12(10-5-7-20-8-6-10)22(21-14)11-3-1-2-4-13(11)25(19,23)24/h1-9H,(H2,19,23,24). The maximum absolute atomic E-state index is 13.1. The lowest BCUT2D eigenvalue weighted by Gasteiger charge is -2.11. The fourth-order valence-electron chi connectivity index (χ4n) is 2.30. The molecule has 2 aromatic heterocycles. The molecule has 0 spiro atoms. The van der Waals surface area contributed by atoms with Crippen LogP contribution in [0.4, 0.5) is 13.2 Å². The Morgan fingerprint density at radius 1 is 1.04 bits per heavy atom. The monoisotopic (exact) mass is 368 g/mol. The van der Waals surface area contributed by atoms with Gasteiger partial charge in [0.1, 0.15) is 4.90 Å². The highest BCUT2D eigenvalue weighted by atomic mass is 32.2. The molecule has 3 aromatic rings. The number of hydrogen-bond acceptors (Lipinski definition) is 4. The van der Waals surface area contributed by atoms with Crippen molar-refractivity contribution in [3.63, 3.8) is 0 Å². The maximum atomic E-state index is 13.1. The summed E-state index contributed by atoms with van der Waals surface area (Å²) in [6.45, 7) is 0. The van der Waals surface area contributed by atoms with Crippen LogP contribution in [-0.2, 0) is 16.2 Å². The number of rotatable bonds is 3. The summed E-state index contributed by atoms with van der Waals surface area (Å²) in [5.74, 6) is 0. The van der Waals surface area contributed by atoms with Gasteiger partial charge in [0.15, 0.2) is 5.69 Å². The first kappa shape index (κ1) is 17.1. The number of para-hydroxylation sites is 1. The van der Waals surface area contributed by atoms with Gasteiger partial charge in [0, 0.05) is 18.0 Å². The number of hydrogen-bond donors (Lipinski definition) is 1. The Morgan fingerprint density at radius 2 is 1.68 bits per heavy atom. The summed E-state index contributed by atoms with van der Waals surface area (Å²) in [6, 6.07) is 9.27. The molecule has 2 N–H and O–H groups in total. The summed E-state index contributed by atoms with van der Waals surface area (Å²) >= 11 is 0. The van der Waals surface area contributed by atoms with E-state index in [-0.39, 0.29) is 16.3 Å². The lowest BCUT2D eigenvalue weighted by Crippen LogP contribution is -2.16. The highest BCUT2D eigenvalue weighted by Crippen LogP contribution is 2.34. The topological polar surface area (TPSA) is 90.9 Å². The molecular formula is C15H11F3N4O2S. The number of benzene rings is 1. The van der Waals surface area contributed by atoms with Crippen molar-refractivity contribution in [2.75, 3.05) is 0 Å². The van der Waals surface area contributed by atoms with Crippen LogP contribution in [0.3, 0.4) is 0 Å². The summed E-state index contributed by atoms with van der Waals surface area (Å²) in [5, 5.41) is 8.73. The first-order chi connectivity index (χ1) is 11.7. The second-order valence-electron chi connectivity index (χ2n) is 5.07. The van der Waals surface area contributed by atoms with Crippen molar-refractivity contribution in [2.24, 2.45) is 5.14 Å². The molecule has 0 amide bonds. The van der Waals surface area contributed by atoms with Gasteiger partial charge >= 0.3 is 6.18 Å². The number of aromatic nitrogens is 3. The van der Waals surface area contributed by atoms with Crippen LogP contribution in [0, 0.1) is 0 Å². The quantitative estimate of drug-likeness (QED) is 0.769. The number of sulfonamides is 1. The second-order valence-corrected chi connectivity index (χ2v) is 6.60. The zero-order chi connectivity index (χ0) is 18.2. The predicted molar refractivity (Wildman–Crippen MR) is 83.2 cm³/mol. The van der Waals surface area contributed by atoms with Crippen LogP contribution in [0.15, 0.2) is 59.8 Å². The molecule has 1 aromatic carbocycles. The Bertz CT molecular complexity index is 1010. The van der Waals surface area contributed by atoms with E-state index in [1.54, 1.807) is 0 Å². The number of nitrogens with two attached hydrogens (primary N) is 1. The third-order valence-electron chi connectivity index (χ3n) is 3.38. The smallest absolute Gasteiger partial charge is 0.265 e. The molecule has 3 rings (SSSR count). The molecule has 0 aliphatic rings. The van der Waals surface area contributed by atoms with Crippen LogP contribution >= 0.6 is 0 Å². The number of primary sulfonamides is 1. The minimum Gasteiger partial charge on any atom is -0.265 e. The van der Waals surface area contributed by atoms with E-state index in [2.05, 4.69) is 10.1 Å². The summed E-state index contributed by atoms with van der Waals surface area (Å²) < 4.78 is 63.8. The Hall–Kier alpha value is -2.72. The first-order valence-corrected chi connectivity index (χ1v) is 8.42. The predicted octanol–water partition coefficient (Wildman–Crippen LogP) is 2.60. The molecule has 0 fully saturated rings. The van der Waals surface area contributed by atoms with Gasteiger partial charge in [-0.05, 0) is 30.3 Å². The third-order valence-corrected chi connectivity index (χ3v) is 4.33. The lowest BCUT2D eigenvalue weighted by atomic mass is 10.2. The van der Waals surface area contributed by atoms with Gasteiger partial charge in [-0.3, -0.25) is 4.98 Å². The molecule has 6 nitrogen and oxygen atoms in total. The van der Waals surface area contributed by atoms with Crippen molar-refractivity contribution in [1.29, 1.82) is 0 Å². The highest BCUT2D eigenvalue weighted by molar-refractivity contribution is 7.89. The zero-order valence-electron chi connectivity index (χ0n) is 12.5. The van der Waals surface area contributed by atoms with Crippen molar-refractivity contribution in [1.82, 2.24) is 14.8 Å². The maximum Gasteiger partial charge on any atom is 0.435 e. The molecular weight excluding hydrogens is 357 g/mol. The molecule has 0 saturated heterocycles. The van der Waals surface area contributed by atoms with Gasteiger partial charge in [0.05, 0.1) is 11.4 Å². The lowest BCUT2D eigenvalue weighted by molar-refractivity contribution is -0.141. The summed E-state index contributed by atoms with van der Waals surface area (Å²) in [6.07, 6.45) is -1.87. The number of halogens is 3. The molecule has 0 radical (unpaired) electrons. The van der Waals surface area contributed by atoms with Gasteiger partial charge in [0.2, 0.25) is 10.0 Å². The van der Waals surface area contributed by atoms with E-state index >= 15 is 0 Å². The van der Waals surface area contributed by atoms with E-state index in [0.29, 0.717) is 5.56 Å². The zero-order valence-corrected chi connectivity index (χ0v) is 13.3. The Kier molecular flexibility index (Phi) is 4.09. The average molecular weight is 368 g/mol. The summed E-state index contributed by atoms with van der Waals surface area (Å²) in [4.78, 5) is 3.49. The van der Waals surface area contributed by atoms with Crippen LogP contribution in [0.5, 0.6) is 0 Å². The van der Waals surface area contributed by atoms with Gasteiger partial charge in [-0.2, -0.15) is 18.3 Å². The molecule has 0 atom stereocenters. The molecule has 0 bridgehead atoms. The molecule has 130 valence electrons. The number of pyridine rings is 1. The largest absolute Gasteiger partial charge is 0.435 e. The molecule has 2 heterocycles. The van der Waals surface area contributed by atoms with Crippen LogP contribution in [0.1, 0.15) is 5.69 Å². The van der Waals surface area contributed by atoms with E-state index in [1.165, 1.54) is 48.8 Å². The number of nitrogens with zero attached hydrogens (tertiary/aromatic N) is 3. The van der Waals surface area contributed by atoms with Gasteiger partial charge in [0.25, 0.3) is 0 Å². The van der Waals surface area contributed by atoms with E-state index in [0.717, 1.165) is 10.7 Å². The fraction of sp³-hybridized carbons (Fsp3) is 0.0667. The fourth-order valence-corrected chi connectivity index (χ4v) is 3.02. The van der Waals surface area contributed by atoms with Gasteiger partial charge in [-0.25, -0.2) is 18.2 Å². The van der Waals surface area contributed by atoms with Crippen molar-refractivity contribution in [3.8, 4) is 16.9 Å². The molecule has 25 heavy (non-hydrogen) atoms. The normalized spacial score (nSPS) is 12.3. The Labute approximate surface area is 140 Å². The summed E-state index contributed by atoms with van der Waals surface area (Å²) in [5.41, 5.74) is -0.774. The van der Waals surface area contributed by atoms with Crippen molar-refractivity contribution in [2.45, 2.75) is 11.1 Å². The van der Waals surface area contributed by atoms with E-state index in [9.17, 15) is 21.6 Å². The Balaban J connectivity index is 2.32. The van der Waals surface area contributed by atoms with Gasteiger partial charge in [-0.15, -0.1) is 0 Å². The third kappa shape index (κ3) is 3.39. The Morgan fingerprint density at radius 3 is 2.28 bits per heavy atom. The van der Waals surface area contributed by atoms with E-state index in [4.69, 9.17) is 5.14 Å². The van der Waals surface area contributed by atoms with Gasteiger partial charge < -0.3 is 0 Å². The van der Waals surface area contributed by atoms with Crippen LogP contribution in [0.2, 0.25) is 0 Å². The molecule has 0 saturated carbocycles. The first-order valence-electron chi connectivity index (χ1n) is 6.88. The van der Waals surface area contributed by atoms with Crippen molar-refractivity contribution < 1.29 is 21.6 Å². The van der Waals surface area contributed by atoms with Crippen LogP contribution in [0.25, 0.3) is 16.9 Å². The van der Waals surface area contributed by atoms with Crippen LogP contribution < -0.4 is 5.14 Å². The molecule has 0 aliphatic heterocycles. The minimum atomic E-state index is -4.69.